The van der Waals surface area contributed by atoms with Crippen molar-refractivity contribution in [3.05, 3.63) is 90.0 Å². The van der Waals surface area contributed by atoms with Crippen molar-refractivity contribution in [3.63, 3.8) is 0 Å². The van der Waals surface area contributed by atoms with Crippen LogP contribution in [-0.2, 0) is 9.59 Å². The lowest BCUT2D eigenvalue weighted by molar-refractivity contribution is -0.116. The summed E-state index contributed by atoms with van der Waals surface area (Å²) in [6.45, 7) is 0. The first-order chi connectivity index (χ1) is 15.1. The molecule has 1 heterocycles. The Morgan fingerprint density at radius 3 is 2.65 bits per heavy atom. The molecule has 1 aliphatic heterocycles. The lowest BCUT2D eigenvalue weighted by Crippen LogP contribution is -2.27. The molecule has 158 valence electrons. The van der Waals surface area contributed by atoms with Crippen molar-refractivity contribution < 1.29 is 14.3 Å². The van der Waals surface area contributed by atoms with Crippen molar-refractivity contribution in [2.24, 2.45) is 0 Å². The maximum atomic E-state index is 12.6. The predicted molar refractivity (Wildman–Crippen MR) is 126 cm³/mol. The number of rotatable bonds is 6. The fourth-order valence-corrected chi connectivity index (χ4v) is 4.83. The number of methoxy groups -OCH3 is 1. The van der Waals surface area contributed by atoms with Crippen LogP contribution in [0.25, 0.3) is 0 Å². The van der Waals surface area contributed by atoms with E-state index in [2.05, 4.69) is 5.32 Å². The Labute approximate surface area is 190 Å². The third-order valence-electron chi connectivity index (χ3n) is 4.96. The van der Waals surface area contributed by atoms with E-state index in [0.29, 0.717) is 17.2 Å². The number of alkyl halides is 1. The maximum Gasteiger partial charge on any atom is 0.246 e. The predicted octanol–water partition coefficient (Wildman–Crippen LogP) is 5.39. The van der Waals surface area contributed by atoms with Gasteiger partial charge >= 0.3 is 0 Å². The van der Waals surface area contributed by atoms with Crippen LogP contribution in [0.15, 0.2) is 78.9 Å². The molecular weight excluding hydrogens is 432 g/mol. The molecule has 31 heavy (non-hydrogen) atoms. The second kappa shape index (κ2) is 9.45. The van der Waals surface area contributed by atoms with Gasteiger partial charge in [0, 0.05) is 17.4 Å². The molecule has 0 saturated carbocycles. The van der Waals surface area contributed by atoms with Crippen LogP contribution >= 0.6 is 23.4 Å². The van der Waals surface area contributed by atoms with Crippen molar-refractivity contribution in [1.82, 2.24) is 0 Å². The zero-order valence-electron chi connectivity index (χ0n) is 16.8. The van der Waals surface area contributed by atoms with Crippen molar-refractivity contribution in [1.29, 1.82) is 0 Å². The van der Waals surface area contributed by atoms with Crippen molar-refractivity contribution in [2.45, 2.75) is 10.8 Å². The van der Waals surface area contributed by atoms with Crippen LogP contribution in [0.3, 0.4) is 0 Å². The highest BCUT2D eigenvalue weighted by molar-refractivity contribution is 8.00. The van der Waals surface area contributed by atoms with Gasteiger partial charge in [-0.15, -0.1) is 23.4 Å². The number of thioether (sulfide) groups is 1. The molecule has 1 saturated heterocycles. The van der Waals surface area contributed by atoms with E-state index in [1.165, 1.54) is 0 Å². The molecular formula is C24H21ClN2O3S. The first-order valence-corrected chi connectivity index (χ1v) is 11.2. The first-order valence-electron chi connectivity index (χ1n) is 9.74. The number of hydrogen-bond acceptors (Lipinski definition) is 4. The third kappa shape index (κ3) is 4.70. The molecule has 0 spiro atoms. The minimum absolute atomic E-state index is 0.0302. The normalized spacial score (nSPS) is 16.8. The highest BCUT2D eigenvalue weighted by Crippen LogP contribution is 2.43. The van der Waals surface area contributed by atoms with Gasteiger partial charge < -0.3 is 10.1 Å². The molecule has 0 unspecified atom stereocenters. The highest BCUT2D eigenvalue weighted by Gasteiger charge is 2.34. The maximum absolute atomic E-state index is 12.6. The van der Waals surface area contributed by atoms with E-state index < -0.39 is 5.38 Å². The third-order valence-corrected chi connectivity index (χ3v) is 6.62. The molecule has 2 amide bonds. The van der Waals surface area contributed by atoms with Crippen LogP contribution < -0.4 is 15.0 Å². The number of benzene rings is 3. The van der Waals surface area contributed by atoms with Crippen LogP contribution in [0, 0.1) is 0 Å². The van der Waals surface area contributed by atoms with Gasteiger partial charge in [-0.3, -0.25) is 14.5 Å². The summed E-state index contributed by atoms with van der Waals surface area (Å²) in [5.74, 6) is 0.805. The fourth-order valence-electron chi connectivity index (χ4n) is 3.46. The molecule has 0 bridgehead atoms. The molecule has 0 aliphatic carbocycles. The number of amides is 2. The van der Waals surface area contributed by atoms with E-state index in [0.717, 1.165) is 16.8 Å². The summed E-state index contributed by atoms with van der Waals surface area (Å²) >= 11 is 7.89. The minimum Gasteiger partial charge on any atom is -0.497 e. The summed E-state index contributed by atoms with van der Waals surface area (Å²) in [6, 6.07) is 24.2. The number of carbonyl (C=O) groups excluding carboxylic acids is 2. The standard InChI is InChI=1S/C24H21ClN2O3S/c1-30-20-12-6-11-19(14-20)27-21(28)15-31-24(27)17-9-5-10-18(13-17)26-23(29)22(25)16-7-3-2-4-8-16/h2-14,22,24H,15H2,1H3,(H,26,29)/t22-,24-/m0/s1. The van der Waals surface area contributed by atoms with Crippen molar-refractivity contribution in [2.75, 3.05) is 23.1 Å². The summed E-state index contributed by atoms with van der Waals surface area (Å²) in [7, 11) is 1.60. The molecule has 3 aromatic rings. The molecule has 3 aromatic carbocycles. The number of nitrogens with one attached hydrogen (secondary N) is 1. The minimum atomic E-state index is -0.791. The Hall–Kier alpha value is -2.96. The Morgan fingerprint density at radius 2 is 1.87 bits per heavy atom. The number of ether oxygens (including phenoxy) is 1. The van der Waals surface area contributed by atoms with Gasteiger partial charge in [0.05, 0.1) is 12.9 Å². The summed E-state index contributed by atoms with van der Waals surface area (Å²) in [4.78, 5) is 27.0. The van der Waals surface area contributed by atoms with E-state index in [4.69, 9.17) is 16.3 Å². The van der Waals surface area contributed by atoms with Gasteiger partial charge in [0.25, 0.3) is 0 Å². The van der Waals surface area contributed by atoms with Gasteiger partial charge in [-0.05, 0) is 35.4 Å². The van der Waals surface area contributed by atoms with Crippen LogP contribution in [0.4, 0.5) is 11.4 Å². The Kier molecular flexibility index (Phi) is 6.49. The second-order valence-electron chi connectivity index (χ2n) is 7.02. The summed E-state index contributed by atoms with van der Waals surface area (Å²) in [5.41, 5.74) is 3.06. The van der Waals surface area contributed by atoms with Gasteiger partial charge in [-0.25, -0.2) is 0 Å². The smallest absolute Gasteiger partial charge is 0.246 e. The number of halogens is 1. The van der Waals surface area contributed by atoms with Gasteiger partial charge in [0.15, 0.2) is 0 Å². The van der Waals surface area contributed by atoms with Crippen LogP contribution in [0.5, 0.6) is 5.75 Å². The average molecular weight is 453 g/mol. The summed E-state index contributed by atoms with van der Waals surface area (Å²) < 4.78 is 5.31. The SMILES string of the molecule is COc1cccc(N2C(=O)CS[C@H]2c2cccc(NC(=O)[C@@H](Cl)c3ccccc3)c2)c1. The van der Waals surface area contributed by atoms with Crippen LogP contribution in [0.1, 0.15) is 21.9 Å². The average Bonchev–Trinajstić information content (AvgIpc) is 3.20. The molecule has 0 aromatic heterocycles. The van der Waals surface area contributed by atoms with Gasteiger partial charge in [0.2, 0.25) is 11.8 Å². The zero-order chi connectivity index (χ0) is 21.8. The molecule has 2 atom stereocenters. The quantitative estimate of drug-likeness (QED) is 0.509. The van der Waals surface area contributed by atoms with E-state index >= 15 is 0 Å². The van der Waals surface area contributed by atoms with Crippen molar-refractivity contribution in [3.8, 4) is 5.75 Å². The van der Waals surface area contributed by atoms with Gasteiger partial charge in [-0.2, -0.15) is 0 Å². The van der Waals surface area contributed by atoms with E-state index in [1.807, 2.05) is 78.9 Å². The van der Waals surface area contributed by atoms with Crippen LogP contribution in [0.2, 0.25) is 0 Å². The Morgan fingerprint density at radius 1 is 1.10 bits per heavy atom. The number of carbonyl (C=O) groups is 2. The largest absolute Gasteiger partial charge is 0.497 e. The van der Waals surface area contributed by atoms with Gasteiger partial charge in [0.1, 0.15) is 16.5 Å². The first kappa shape index (κ1) is 21.3. The lowest BCUT2D eigenvalue weighted by Gasteiger charge is -2.25. The van der Waals surface area contributed by atoms with Crippen LogP contribution in [-0.4, -0.2) is 24.7 Å². The molecule has 4 rings (SSSR count). The lowest BCUT2D eigenvalue weighted by atomic mass is 10.1. The second-order valence-corrected chi connectivity index (χ2v) is 8.52. The Balaban J connectivity index is 1.55. The molecule has 1 fully saturated rings. The Bertz CT molecular complexity index is 1090. The molecule has 1 aliphatic rings. The number of anilines is 2. The van der Waals surface area contributed by atoms with Gasteiger partial charge in [-0.1, -0.05) is 48.5 Å². The number of hydrogen-bond donors (Lipinski definition) is 1. The van der Waals surface area contributed by atoms with Crippen molar-refractivity contribution >= 4 is 46.6 Å². The number of nitrogens with zero attached hydrogens (tertiary/aromatic N) is 1. The zero-order valence-corrected chi connectivity index (χ0v) is 18.4. The molecule has 5 nitrogen and oxygen atoms in total. The molecule has 7 heteroatoms. The fraction of sp³-hybridized carbons (Fsp3) is 0.167. The van der Waals surface area contributed by atoms with E-state index in [1.54, 1.807) is 23.8 Å². The summed E-state index contributed by atoms with van der Waals surface area (Å²) in [5, 5.41) is 1.90. The van der Waals surface area contributed by atoms with E-state index in [9.17, 15) is 9.59 Å². The van der Waals surface area contributed by atoms with E-state index in [-0.39, 0.29) is 17.2 Å². The topological polar surface area (TPSA) is 58.6 Å². The highest BCUT2D eigenvalue weighted by atomic mass is 35.5. The molecule has 0 radical (unpaired) electrons. The molecule has 1 N–H and O–H groups in total. The monoisotopic (exact) mass is 452 g/mol. The summed E-state index contributed by atoms with van der Waals surface area (Å²) in [6.07, 6.45) is 0.